The molecular weight excluding hydrogens is 510 g/mol. The number of fused-ring (bicyclic) bond motifs is 2. The molecule has 1 aliphatic heterocycles. The molecule has 7 heteroatoms. The van der Waals surface area contributed by atoms with Crippen molar-refractivity contribution in [1.29, 1.82) is 0 Å². The van der Waals surface area contributed by atoms with E-state index in [0.29, 0.717) is 57.0 Å². The van der Waals surface area contributed by atoms with Crippen LogP contribution in [0.1, 0.15) is 74.7 Å². The fourth-order valence-electron chi connectivity index (χ4n) is 5.36. The zero-order chi connectivity index (χ0) is 27.9. The zero-order valence-corrected chi connectivity index (χ0v) is 23.1. The lowest BCUT2D eigenvalue weighted by Crippen LogP contribution is -2.04. The number of hydrogen-bond donors (Lipinski definition) is 2. The Labute approximate surface area is 233 Å². The molecule has 0 spiro atoms. The van der Waals surface area contributed by atoms with Crippen LogP contribution in [0.5, 0.6) is 5.75 Å². The van der Waals surface area contributed by atoms with Crippen molar-refractivity contribution in [2.45, 2.75) is 65.2 Å². The molecule has 1 unspecified atom stereocenters. The van der Waals surface area contributed by atoms with Crippen LogP contribution in [-0.4, -0.2) is 21.3 Å². The highest BCUT2D eigenvalue weighted by molar-refractivity contribution is 7.78. The number of isothiocyanates is 1. The van der Waals surface area contributed by atoms with Gasteiger partial charge in [-0.15, -0.1) is 0 Å². The van der Waals surface area contributed by atoms with Gasteiger partial charge in [-0.25, -0.2) is 4.79 Å². The average molecular weight is 544 g/mol. The second kappa shape index (κ2) is 12.8. The molecule has 1 atom stereocenters. The molecular formula is C32H33NO5S. The number of aliphatic imine (C=N–C) groups is 1. The number of rotatable bonds is 12. The number of aromatic carboxylic acids is 1. The van der Waals surface area contributed by atoms with Crippen LogP contribution in [0.4, 0.5) is 5.69 Å². The first-order chi connectivity index (χ1) is 18.9. The summed E-state index contributed by atoms with van der Waals surface area (Å²) in [6.07, 6.45) is 8.54. The Morgan fingerprint density at radius 2 is 1.79 bits per heavy atom. The molecule has 2 aliphatic rings. The van der Waals surface area contributed by atoms with Crippen LogP contribution in [0.2, 0.25) is 0 Å². The monoisotopic (exact) mass is 543 g/mol. The summed E-state index contributed by atoms with van der Waals surface area (Å²) in [4.78, 5) is 28.5. The lowest BCUT2D eigenvalue weighted by atomic mass is 9.88. The smallest absolute Gasteiger partial charge is 0.336 e. The normalized spacial score (nSPS) is 11.9. The summed E-state index contributed by atoms with van der Waals surface area (Å²) in [6, 6.07) is 12.7. The van der Waals surface area contributed by atoms with Gasteiger partial charge in [0.05, 0.1) is 16.4 Å². The molecule has 0 radical (unpaired) electrons. The summed E-state index contributed by atoms with van der Waals surface area (Å²) < 4.78 is 6.28. The highest BCUT2D eigenvalue weighted by atomic mass is 32.1. The van der Waals surface area contributed by atoms with E-state index in [1.807, 2.05) is 0 Å². The third-order valence-corrected chi connectivity index (χ3v) is 7.54. The summed E-state index contributed by atoms with van der Waals surface area (Å²) in [5, 5.41) is 23.9. The van der Waals surface area contributed by atoms with E-state index in [1.165, 1.54) is 43.9 Å². The summed E-state index contributed by atoms with van der Waals surface area (Å²) in [6.45, 7) is 4.44. The van der Waals surface area contributed by atoms with Gasteiger partial charge < -0.3 is 14.6 Å². The SMILES string of the molecule is CCCCCC(CC)CCCc1c(O)ccc2c(-c3ccc(N=C=S)cc3C(=O)O)c3ccc(=O)cc-3oc12. The summed E-state index contributed by atoms with van der Waals surface area (Å²) in [7, 11) is 0. The van der Waals surface area contributed by atoms with Crippen LogP contribution in [0.15, 0.2) is 62.7 Å². The highest BCUT2D eigenvalue weighted by Crippen LogP contribution is 2.44. The van der Waals surface area contributed by atoms with Gasteiger partial charge in [0.15, 0.2) is 5.43 Å². The quantitative estimate of drug-likeness (QED) is 0.0803. The van der Waals surface area contributed by atoms with Crippen LogP contribution < -0.4 is 5.43 Å². The number of carbonyl (C=O) groups is 1. The molecule has 0 bridgehead atoms. The van der Waals surface area contributed by atoms with Gasteiger partial charge in [-0.3, -0.25) is 4.79 Å². The van der Waals surface area contributed by atoms with Crippen LogP contribution in [0.25, 0.3) is 33.4 Å². The molecule has 0 saturated heterocycles. The van der Waals surface area contributed by atoms with Crippen molar-refractivity contribution in [3.05, 3.63) is 69.9 Å². The van der Waals surface area contributed by atoms with E-state index in [-0.39, 0.29) is 16.7 Å². The summed E-state index contributed by atoms with van der Waals surface area (Å²) >= 11 is 4.69. The Hall–Kier alpha value is -3.80. The van der Waals surface area contributed by atoms with Gasteiger partial charge in [-0.05, 0) is 72.9 Å². The second-order valence-corrected chi connectivity index (χ2v) is 10.2. The highest BCUT2D eigenvalue weighted by Gasteiger charge is 2.24. The Bertz CT molecular complexity index is 1570. The van der Waals surface area contributed by atoms with Crippen molar-refractivity contribution in [3.8, 4) is 28.2 Å². The van der Waals surface area contributed by atoms with Crippen molar-refractivity contribution >= 4 is 40.0 Å². The number of thiocarbonyl (C=S) groups is 1. The minimum atomic E-state index is -1.12. The largest absolute Gasteiger partial charge is 0.508 e. The van der Waals surface area contributed by atoms with Crippen molar-refractivity contribution in [2.24, 2.45) is 10.9 Å². The van der Waals surface area contributed by atoms with Crippen molar-refractivity contribution in [1.82, 2.24) is 0 Å². The molecule has 2 aromatic rings. The Morgan fingerprint density at radius 1 is 1.03 bits per heavy atom. The minimum absolute atomic E-state index is 0.0361. The number of aromatic hydroxyl groups is 1. The van der Waals surface area contributed by atoms with Gasteiger partial charge >= 0.3 is 5.97 Å². The molecule has 39 heavy (non-hydrogen) atoms. The van der Waals surface area contributed by atoms with Crippen LogP contribution >= 0.6 is 12.2 Å². The van der Waals surface area contributed by atoms with E-state index in [0.717, 1.165) is 19.3 Å². The molecule has 4 rings (SSSR count). The minimum Gasteiger partial charge on any atom is -0.508 e. The van der Waals surface area contributed by atoms with Gasteiger partial charge in [0.25, 0.3) is 0 Å². The molecule has 0 aromatic heterocycles. The lowest BCUT2D eigenvalue weighted by molar-refractivity contribution is 0.0697. The van der Waals surface area contributed by atoms with E-state index in [1.54, 1.807) is 30.3 Å². The number of phenols is 1. The molecule has 2 N–H and O–H groups in total. The summed E-state index contributed by atoms with van der Waals surface area (Å²) in [5.41, 5.74) is 2.99. The van der Waals surface area contributed by atoms with Crippen LogP contribution in [0, 0.1) is 5.92 Å². The predicted molar refractivity (Wildman–Crippen MR) is 159 cm³/mol. The number of hydrogen-bond acceptors (Lipinski definition) is 6. The van der Waals surface area contributed by atoms with Crippen LogP contribution in [-0.2, 0) is 6.42 Å². The lowest BCUT2D eigenvalue weighted by Gasteiger charge is -2.19. The number of carboxylic acids is 1. The average Bonchev–Trinajstić information content (AvgIpc) is 2.92. The van der Waals surface area contributed by atoms with Crippen molar-refractivity contribution in [2.75, 3.05) is 0 Å². The van der Waals surface area contributed by atoms with E-state index in [9.17, 15) is 19.8 Å². The molecule has 1 aliphatic carbocycles. The first-order valence-electron chi connectivity index (χ1n) is 13.5. The Kier molecular flexibility index (Phi) is 9.28. The number of carboxylic acid groups (broad SMARTS) is 1. The molecule has 1 heterocycles. The van der Waals surface area contributed by atoms with Gasteiger partial charge in [0.2, 0.25) is 0 Å². The first-order valence-corrected chi connectivity index (χ1v) is 14.0. The number of aryl methyl sites for hydroxylation is 1. The summed E-state index contributed by atoms with van der Waals surface area (Å²) in [5.74, 6) is -0.0310. The molecule has 6 nitrogen and oxygen atoms in total. The van der Waals surface area contributed by atoms with Gasteiger partial charge in [0.1, 0.15) is 17.1 Å². The van der Waals surface area contributed by atoms with Crippen molar-refractivity contribution < 1.29 is 19.4 Å². The zero-order valence-electron chi connectivity index (χ0n) is 22.3. The number of phenolic OH excluding ortho intramolecular Hbond substituents is 1. The number of nitrogens with zero attached hydrogens (tertiary/aromatic N) is 1. The van der Waals surface area contributed by atoms with E-state index in [2.05, 4.69) is 36.2 Å². The maximum Gasteiger partial charge on any atom is 0.336 e. The second-order valence-electron chi connectivity index (χ2n) is 9.98. The van der Waals surface area contributed by atoms with Crippen LogP contribution in [0.3, 0.4) is 0 Å². The molecule has 2 aromatic carbocycles. The molecule has 0 fully saturated rings. The number of unbranched alkanes of at least 4 members (excludes halogenated alkanes) is 2. The number of benzene rings is 3. The molecule has 0 saturated carbocycles. The van der Waals surface area contributed by atoms with Gasteiger partial charge in [0, 0.05) is 28.1 Å². The van der Waals surface area contributed by atoms with E-state index >= 15 is 0 Å². The molecule has 0 amide bonds. The van der Waals surface area contributed by atoms with Gasteiger partial charge in [-0.1, -0.05) is 58.4 Å². The first kappa shape index (κ1) is 28.2. The fourth-order valence-corrected chi connectivity index (χ4v) is 5.47. The Morgan fingerprint density at radius 3 is 2.51 bits per heavy atom. The van der Waals surface area contributed by atoms with Crippen molar-refractivity contribution in [3.63, 3.8) is 0 Å². The Balaban J connectivity index is 1.87. The third kappa shape index (κ3) is 6.27. The van der Waals surface area contributed by atoms with Gasteiger partial charge in [-0.2, -0.15) is 4.99 Å². The third-order valence-electron chi connectivity index (χ3n) is 7.45. The topological polar surface area (TPSA) is 100 Å². The predicted octanol–water partition coefficient (Wildman–Crippen LogP) is 8.63. The van der Waals surface area contributed by atoms with E-state index < -0.39 is 5.97 Å². The fraction of sp³-hybridized carbons (Fsp3) is 0.344. The maximum atomic E-state index is 12.3. The maximum absolute atomic E-state index is 12.3. The van der Waals surface area contributed by atoms with E-state index in [4.69, 9.17) is 4.42 Å². The standard InChI is InChI=1S/C32H33NO5S/c1-3-5-6-8-20(4-2)9-7-10-24-28(35)16-15-26-30(25-14-12-22(34)18-29(25)38-31(24)26)23-13-11-21(33-19-39)17-27(23)32(36)37/h11-18,20,35H,3-10H2,1-2H3,(H,36,37). The molecule has 202 valence electrons.